The summed E-state index contributed by atoms with van der Waals surface area (Å²) in [4.78, 5) is 13.7. The number of nitrogens with zero attached hydrogens (tertiary/aromatic N) is 2. The fourth-order valence-corrected chi connectivity index (χ4v) is 3.24. The number of alkyl halides is 3. The molecule has 1 aliphatic rings. The number of quaternary nitrogens is 1. The van der Waals surface area contributed by atoms with E-state index >= 15 is 0 Å². The van der Waals surface area contributed by atoms with Crippen molar-refractivity contribution in [2.45, 2.75) is 12.7 Å². The summed E-state index contributed by atoms with van der Waals surface area (Å²) in [5, 5.41) is 11.3. The smallest absolute Gasteiger partial charge is 0.355 e. The van der Waals surface area contributed by atoms with E-state index in [0.29, 0.717) is 19.2 Å². The first kappa shape index (κ1) is 18.2. The van der Waals surface area contributed by atoms with Crippen LogP contribution in [0.1, 0.15) is 11.1 Å². The number of nitrogens with one attached hydrogen (secondary N) is 1. The summed E-state index contributed by atoms with van der Waals surface area (Å²) in [6, 6.07) is 12.8. The Balaban J connectivity index is 1.72. The zero-order valence-corrected chi connectivity index (χ0v) is 14.0. The summed E-state index contributed by atoms with van der Waals surface area (Å²) >= 11 is 0. The van der Waals surface area contributed by atoms with Crippen LogP contribution in [0.15, 0.2) is 48.5 Å². The summed E-state index contributed by atoms with van der Waals surface area (Å²) in [6.07, 6.45) is -4.60. The van der Waals surface area contributed by atoms with Gasteiger partial charge in [-0.1, -0.05) is 30.3 Å². The molecule has 0 amide bonds. The first-order valence-electron chi connectivity index (χ1n) is 8.32. The van der Waals surface area contributed by atoms with E-state index in [9.17, 15) is 23.3 Å². The maximum absolute atomic E-state index is 12.8. The third kappa shape index (κ3) is 4.13. The number of rotatable bonds is 4. The molecule has 5 nitrogen and oxygen atoms in total. The molecular formula is C18H19F3N3O2+. The highest BCUT2D eigenvalue weighted by atomic mass is 19.4. The zero-order chi connectivity index (χ0) is 18.7. The van der Waals surface area contributed by atoms with Gasteiger partial charge in [0.2, 0.25) is 0 Å². The second-order valence-electron chi connectivity index (χ2n) is 6.36. The monoisotopic (exact) mass is 366 g/mol. The van der Waals surface area contributed by atoms with Crippen molar-refractivity contribution in [3.05, 3.63) is 69.8 Å². The van der Waals surface area contributed by atoms with Gasteiger partial charge in [-0.2, -0.15) is 13.2 Å². The van der Waals surface area contributed by atoms with Gasteiger partial charge in [0, 0.05) is 11.6 Å². The van der Waals surface area contributed by atoms with Crippen LogP contribution in [0.5, 0.6) is 0 Å². The molecule has 0 radical (unpaired) electrons. The van der Waals surface area contributed by atoms with Crippen LogP contribution in [0, 0.1) is 10.1 Å². The summed E-state index contributed by atoms with van der Waals surface area (Å²) in [6.45, 7) is 3.53. The van der Waals surface area contributed by atoms with Crippen molar-refractivity contribution >= 4 is 11.4 Å². The Morgan fingerprint density at radius 2 is 1.73 bits per heavy atom. The van der Waals surface area contributed by atoms with Crippen LogP contribution in [-0.4, -0.2) is 31.1 Å². The van der Waals surface area contributed by atoms with E-state index in [0.717, 1.165) is 25.7 Å². The number of nitro benzene ring substituents is 1. The minimum atomic E-state index is -4.60. The molecule has 1 aliphatic heterocycles. The summed E-state index contributed by atoms with van der Waals surface area (Å²) in [7, 11) is 0. The van der Waals surface area contributed by atoms with Crippen LogP contribution >= 0.6 is 0 Å². The highest BCUT2D eigenvalue weighted by Crippen LogP contribution is 2.36. The molecule has 1 heterocycles. The van der Waals surface area contributed by atoms with Gasteiger partial charge in [-0.25, -0.2) is 0 Å². The molecule has 0 aliphatic carbocycles. The molecule has 0 spiro atoms. The lowest BCUT2D eigenvalue weighted by atomic mass is 10.1. The van der Waals surface area contributed by atoms with Gasteiger partial charge in [-0.05, 0) is 12.1 Å². The number of anilines is 1. The number of hydrogen-bond donors (Lipinski definition) is 1. The molecule has 8 heteroatoms. The van der Waals surface area contributed by atoms with Gasteiger partial charge in [0.1, 0.15) is 12.2 Å². The fraction of sp³-hybridized carbons (Fsp3) is 0.333. The average Bonchev–Trinajstić information content (AvgIpc) is 2.62. The average molecular weight is 366 g/mol. The minimum Gasteiger partial charge on any atom is -0.355 e. The van der Waals surface area contributed by atoms with Crippen LogP contribution in [0.2, 0.25) is 0 Å². The molecule has 2 aromatic carbocycles. The number of hydrogen-bond acceptors (Lipinski definition) is 3. The highest BCUT2D eigenvalue weighted by Gasteiger charge is 2.34. The van der Waals surface area contributed by atoms with Crippen molar-refractivity contribution in [2.24, 2.45) is 0 Å². The third-order valence-electron chi connectivity index (χ3n) is 4.61. The van der Waals surface area contributed by atoms with Gasteiger partial charge < -0.3 is 9.80 Å². The van der Waals surface area contributed by atoms with Crippen LogP contribution in [-0.2, 0) is 12.7 Å². The van der Waals surface area contributed by atoms with Gasteiger partial charge in [0.15, 0.2) is 0 Å². The molecule has 0 atom stereocenters. The second-order valence-corrected chi connectivity index (χ2v) is 6.36. The van der Waals surface area contributed by atoms with Crippen molar-refractivity contribution in [2.75, 3.05) is 31.1 Å². The summed E-state index contributed by atoms with van der Waals surface area (Å²) in [5.74, 6) is 0. The largest absolute Gasteiger partial charge is 0.416 e. The molecule has 3 rings (SSSR count). The number of piperazine rings is 1. The third-order valence-corrected chi connectivity index (χ3v) is 4.61. The maximum atomic E-state index is 12.8. The van der Waals surface area contributed by atoms with E-state index < -0.39 is 22.4 Å². The molecule has 0 bridgehead atoms. The van der Waals surface area contributed by atoms with Gasteiger partial charge in [0.05, 0.1) is 36.7 Å². The topological polar surface area (TPSA) is 50.8 Å². The normalized spacial score (nSPS) is 15.9. The van der Waals surface area contributed by atoms with Crippen molar-refractivity contribution in [3.8, 4) is 0 Å². The predicted molar refractivity (Wildman–Crippen MR) is 91.2 cm³/mol. The highest BCUT2D eigenvalue weighted by molar-refractivity contribution is 5.64. The molecule has 1 N–H and O–H groups in total. The Hall–Kier alpha value is -2.61. The van der Waals surface area contributed by atoms with Crippen molar-refractivity contribution in [3.63, 3.8) is 0 Å². The lowest BCUT2D eigenvalue weighted by Crippen LogP contribution is -3.13. The molecule has 1 saturated heterocycles. The lowest BCUT2D eigenvalue weighted by molar-refractivity contribution is -0.914. The van der Waals surface area contributed by atoms with Crippen LogP contribution < -0.4 is 9.80 Å². The van der Waals surface area contributed by atoms with E-state index in [4.69, 9.17) is 0 Å². The first-order valence-corrected chi connectivity index (χ1v) is 8.32. The van der Waals surface area contributed by atoms with Crippen molar-refractivity contribution < 1.29 is 23.0 Å². The molecule has 0 unspecified atom stereocenters. The number of benzene rings is 2. The fourth-order valence-electron chi connectivity index (χ4n) is 3.24. The maximum Gasteiger partial charge on any atom is 0.416 e. The zero-order valence-electron chi connectivity index (χ0n) is 14.0. The molecule has 0 aromatic heterocycles. The summed E-state index contributed by atoms with van der Waals surface area (Å²) < 4.78 is 38.5. The van der Waals surface area contributed by atoms with E-state index in [1.807, 2.05) is 18.2 Å². The standard InChI is InChI=1S/C18H18F3N3O2/c19-18(20,21)15-6-7-16(17(12-15)24(25)26)23-10-8-22(9-11-23)13-14-4-2-1-3-5-14/h1-7,12H,8-11,13H2/p+1. The Morgan fingerprint density at radius 3 is 2.31 bits per heavy atom. The van der Waals surface area contributed by atoms with E-state index in [2.05, 4.69) is 12.1 Å². The van der Waals surface area contributed by atoms with E-state index in [-0.39, 0.29) is 5.69 Å². The molecule has 26 heavy (non-hydrogen) atoms. The molecular weight excluding hydrogens is 347 g/mol. The van der Waals surface area contributed by atoms with Gasteiger partial charge in [-0.3, -0.25) is 10.1 Å². The molecule has 2 aromatic rings. The van der Waals surface area contributed by atoms with Crippen molar-refractivity contribution in [1.29, 1.82) is 0 Å². The number of halogens is 3. The van der Waals surface area contributed by atoms with Gasteiger partial charge in [-0.15, -0.1) is 0 Å². The number of nitro groups is 1. The summed E-state index contributed by atoms with van der Waals surface area (Å²) in [5.41, 5.74) is -0.0224. The molecule has 138 valence electrons. The lowest BCUT2D eigenvalue weighted by Gasteiger charge is -2.33. The SMILES string of the molecule is O=[N+]([O-])c1cc(C(F)(F)F)ccc1N1CC[NH+](Cc2ccccc2)CC1. The Bertz CT molecular complexity index is 773. The Kier molecular flexibility index (Phi) is 5.13. The predicted octanol–water partition coefficient (Wildman–Crippen LogP) is 2.52. The first-order chi connectivity index (χ1) is 12.3. The van der Waals surface area contributed by atoms with E-state index in [1.54, 1.807) is 4.90 Å². The minimum absolute atomic E-state index is 0.252. The molecule has 1 fully saturated rings. The van der Waals surface area contributed by atoms with Gasteiger partial charge in [0.25, 0.3) is 5.69 Å². The van der Waals surface area contributed by atoms with Gasteiger partial charge >= 0.3 is 6.18 Å². The Morgan fingerprint density at radius 1 is 1.08 bits per heavy atom. The van der Waals surface area contributed by atoms with Crippen LogP contribution in [0.25, 0.3) is 0 Å². The Labute approximate surface area is 148 Å². The van der Waals surface area contributed by atoms with Crippen LogP contribution in [0.4, 0.5) is 24.5 Å². The quantitative estimate of drug-likeness (QED) is 0.668. The van der Waals surface area contributed by atoms with E-state index in [1.165, 1.54) is 16.5 Å². The molecule has 0 saturated carbocycles. The second kappa shape index (κ2) is 7.33. The van der Waals surface area contributed by atoms with Crippen molar-refractivity contribution in [1.82, 2.24) is 0 Å². The van der Waals surface area contributed by atoms with Crippen LogP contribution in [0.3, 0.4) is 0 Å².